The lowest BCUT2D eigenvalue weighted by Gasteiger charge is -2.08. The van der Waals surface area contributed by atoms with E-state index < -0.39 is 29.3 Å². The van der Waals surface area contributed by atoms with Gasteiger partial charge in [0.2, 0.25) is 5.91 Å². The topological polar surface area (TPSA) is 151 Å². The van der Waals surface area contributed by atoms with Gasteiger partial charge in [-0.1, -0.05) is 0 Å². The maximum absolute atomic E-state index is 12.3. The SMILES string of the molecule is CCOc1ccc(NC(=O)CCCC(=O)OCC(=O)c2ccc(OC(=O)c3ccc([N+](=O)[O-])cc3)cc2)cc1. The van der Waals surface area contributed by atoms with Crippen LogP contribution in [0.1, 0.15) is 46.9 Å². The second kappa shape index (κ2) is 14.0. The standard InChI is InChI=1S/C28H26N2O9/c1-2-37-23-16-10-21(11-17-23)29-26(32)4-3-5-27(33)38-18-25(31)19-8-14-24(15-9-19)39-28(34)20-6-12-22(13-7-20)30(35)36/h6-17H,2-5,18H2,1H3,(H,29,32). The molecule has 202 valence electrons. The summed E-state index contributed by atoms with van der Waals surface area (Å²) >= 11 is 0. The Bertz CT molecular complexity index is 1320. The summed E-state index contributed by atoms with van der Waals surface area (Å²) in [5, 5.41) is 13.4. The van der Waals surface area contributed by atoms with Crippen molar-refractivity contribution < 1.29 is 38.3 Å². The molecule has 0 unspecified atom stereocenters. The van der Waals surface area contributed by atoms with Crippen LogP contribution < -0.4 is 14.8 Å². The number of ketones is 1. The molecule has 0 saturated heterocycles. The number of nitro groups is 1. The van der Waals surface area contributed by atoms with E-state index in [1.165, 1.54) is 48.5 Å². The quantitative estimate of drug-likeness (QED) is 0.108. The number of hydrogen-bond donors (Lipinski definition) is 1. The number of rotatable bonds is 13. The number of non-ortho nitro benzene ring substituents is 1. The van der Waals surface area contributed by atoms with Crippen molar-refractivity contribution in [1.82, 2.24) is 0 Å². The summed E-state index contributed by atoms with van der Waals surface area (Å²) in [6.07, 6.45) is 0.336. The molecule has 0 aliphatic heterocycles. The molecule has 1 amide bonds. The van der Waals surface area contributed by atoms with Crippen LogP contribution in [0.5, 0.6) is 11.5 Å². The third kappa shape index (κ3) is 9.08. The minimum atomic E-state index is -0.717. The van der Waals surface area contributed by atoms with E-state index in [1.807, 2.05) is 6.92 Å². The van der Waals surface area contributed by atoms with E-state index in [2.05, 4.69) is 5.32 Å². The van der Waals surface area contributed by atoms with Gasteiger partial charge >= 0.3 is 11.9 Å². The molecule has 1 N–H and O–H groups in total. The van der Waals surface area contributed by atoms with Crippen LogP contribution in [-0.2, 0) is 14.3 Å². The molecule has 0 bridgehead atoms. The zero-order valence-corrected chi connectivity index (χ0v) is 21.1. The summed E-state index contributed by atoms with van der Waals surface area (Å²) in [5.74, 6) is -1.17. The lowest BCUT2D eigenvalue weighted by atomic mass is 10.1. The number of nitrogens with one attached hydrogen (secondary N) is 1. The largest absolute Gasteiger partial charge is 0.494 e. The molecule has 3 rings (SSSR count). The molecule has 11 nitrogen and oxygen atoms in total. The Morgan fingerprint density at radius 1 is 0.821 bits per heavy atom. The van der Waals surface area contributed by atoms with Crippen LogP contribution in [0.25, 0.3) is 0 Å². The first-order chi connectivity index (χ1) is 18.7. The van der Waals surface area contributed by atoms with Crippen LogP contribution in [-0.4, -0.2) is 41.8 Å². The Kier molecular flexibility index (Phi) is 10.3. The van der Waals surface area contributed by atoms with Crippen molar-refractivity contribution in [3.63, 3.8) is 0 Å². The van der Waals surface area contributed by atoms with Gasteiger partial charge in [0.15, 0.2) is 12.4 Å². The Hall–Kier alpha value is -5.06. The van der Waals surface area contributed by atoms with E-state index in [9.17, 15) is 29.3 Å². The van der Waals surface area contributed by atoms with Gasteiger partial charge in [-0.25, -0.2) is 4.79 Å². The summed E-state index contributed by atoms with van der Waals surface area (Å²) in [6, 6.07) is 17.5. The smallest absolute Gasteiger partial charge is 0.343 e. The maximum atomic E-state index is 12.3. The number of hydrogen-bond acceptors (Lipinski definition) is 9. The van der Waals surface area contributed by atoms with E-state index >= 15 is 0 Å². The lowest BCUT2D eigenvalue weighted by Crippen LogP contribution is -2.15. The first-order valence-electron chi connectivity index (χ1n) is 12.0. The van der Waals surface area contributed by atoms with Crippen molar-refractivity contribution in [3.05, 3.63) is 94.0 Å². The predicted molar refractivity (Wildman–Crippen MR) is 140 cm³/mol. The zero-order chi connectivity index (χ0) is 28.2. The highest BCUT2D eigenvalue weighted by molar-refractivity contribution is 5.98. The normalized spacial score (nSPS) is 10.3. The van der Waals surface area contributed by atoms with Crippen molar-refractivity contribution in [2.75, 3.05) is 18.5 Å². The highest BCUT2D eigenvalue weighted by Crippen LogP contribution is 2.18. The van der Waals surface area contributed by atoms with Crippen molar-refractivity contribution in [2.45, 2.75) is 26.2 Å². The molecule has 0 heterocycles. The number of esters is 2. The van der Waals surface area contributed by atoms with Gasteiger partial charge in [0.25, 0.3) is 5.69 Å². The van der Waals surface area contributed by atoms with E-state index in [4.69, 9.17) is 14.2 Å². The summed E-state index contributed by atoms with van der Waals surface area (Å²) in [4.78, 5) is 58.7. The van der Waals surface area contributed by atoms with Crippen molar-refractivity contribution in [1.29, 1.82) is 0 Å². The molecule has 0 atom stereocenters. The van der Waals surface area contributed by atoms with Crippen LogP contribution in [0.15, 0.2) is 72.8 Å². The van der Waals surface area contributed by atoms with Gasteiger partial charge in [-0.15, -0.1) is 0 Å². The number of amides is 1. The number of carbonyl (C=O) groups is 4. The lowest BCUT2D eigenvalue weighted by molar-refractivity contribution is -0.384. The molecule has 39 heavy (non-hydrogen) atoms. The maximum Gasteiger partial charge on any atom is 0.343 e. The first kappa shape index (κ1) is 28.5. The molecule has 0 aliphatic rings. The van der Waals surface area contributed by atoms with Crippen molar-refractivity contribution in [2.24, 2.45) is 0 Å². The highest BCUT2D eigenvalue weighted by atomic mass is 16.6. The minimum Gasteiger partial charge on any atom is -0.494 e. The molecule has 0 radical (unpaired) electrons. The fourth-order valence-electron chi connectivity index (χ4n) is 3.31. The second-order valence-electron chi connectivity index (χ2n) is 8.16. The van der Waals surface area contributed by atoms with Crippen LogP contribution in [0.3, 0.4) is 0 Å². The molecule has 0 fully saturated rings. The van der Waals surface area contributed by atoms with E-state index in [0.29, 0.717) is 18.0 Å². The van der Waals surface area contributed by atoms with Crippen LogP contribution >= 0.6 is 0 Å². The number of nitro benzene ring substituents is 1. The fraction of sp³-hybridized carbons (Fsp3) is 0.214. The van der Waals surface area contributed by atoms with Gasteiger partial charge in [-0.3, -0.25) is 24.5 Å². The summed E-state index contributed by atoms with van der Waals surface area (Å²) in [6.45, 7) is 1.95. The van der Waals surface area contributed by atoms with Crippen LogP contribution in [0.2, 0.25) is 0 Å². The molecular formula is C28H26N2O9. The first-order valence-corrected chi connectivity index (χ1v) is 12.0. The number of Topliss-reactive ketones (excluding diaryl/α,β-unsaturated/α-hetero) is 1. The summed E-state index contributed by atoms with van der Waals surface area (Å²) in [5.41, 5.74) is 0.832. The zero-order valence-electron chi connectivity index (χ0n) is 21.1. The molecule has 3 aromatic rings. The predicted octanol–water partition coefficient (Wildman–Crippen LogP) is 4.75. The molecule has 3 aromatic carbocycles. The Labute approximate surface area is 223 Å². The minimum absolute atomic E-state index is 0.0263. The van der Waals surface area contributed by atoms with Gasteiger partial charge in [0.05, 0.1) is 17.1 Å². The van der Waals surface area contributed by atoms with Gasteiger partial charge in [-0.05, 0) is 74.0 Å². The van der Waals surface area contributed by atoms with Gasteiger partial charge in [0, 0.05) is 36.2 Å². The number of ether oxygens (including phenoxy) is 3. The second-order valence-corrected chi connectivity index (χ2v) is 8.16. The third-order valence-electron chi connectivity index (χ3n) is 5.30. The molecular weight excluding hydrogens is 508 g/mol. The third-order valence-corrected chi connectivity index (χ3v) is 5.30. The Morgan fingerprint density at radius 2 is 1.44 bits per heavy atom. The van der Waals surface area contributed by atoms with E-state index in [-0.39, 0.29) is 47.7 Å². The molecule has 0 aliphatic carbocycles. The Morgan fingerprint density at radius 3 is 2.05 bits per heavy atom. The van der Waals surface area contributed by atoms with E-state index in [0.717, 1.165) is 0 Å². The van der Waals surface area contributed by atoms with Crippen molar-refractivity contribution in [3.8, 4) is 11.5 Å². The molecule has 0 saturated carbocycles. The molecule has 0 aromatic heterocycles. The van der Waals surface area contributed by atoms with Crippen LogP contribution in [0, 0.1) is 10.1 Å². The number of carbonyl (C=O) groups excluding carboxylic acids is 4. The average Bonchev–Trinajstić information content (AvgIpc) is 2.93. The molecule has 0 spiro atoms. The van der Waals surface area contributed by atoms with Gasteiger partial charge < -0.3 is 19.5 Å². The number of nitrogens with zero attached hydrogens (tertiary/aromatic N) is 1. The monoisotopic (exact) mass is 534 g/mol. The van der Waals surface area contributed by atoms with Crippen molar-refractivity contribution >= 4 is 35.0 Å². The fourth-order valence-corrected chi connectivity index (χ4v) is 3.31. The molecule has 11 heteroatoms. The summed E-state index contributed by atoms with van der Waals surface area (Å²) in [7, 11) is 0. The van der Waals surface area contributed by atoms with Gasteiger partial charge in [0.1, 0.15) is 11.5 Å². The Balaban J connectivity index is 1.37. The number of benzene rings is 3. The number of anilines is 1. The average molecular weight is 535 g/mol. The summed E-state index contributed by atoms with van der Waals surface area (Å²) < 4.78 is 15.6. The van der Waals surface area contributed by atoms with E-state index in [1.54, 1.807) is 24.3 Å². The van der Waals surface area contributed by atoms with Crippen LogP contribution in [0.4, 0.5) is 11.4 Å². The highest BCUT2D eigenvalue weighted by Gasteiger charge is 2.14. The van der Waals surface area contributed by atoms with Gasteiger partial charge in [-0.2, -0.15) is 0 Å².